The standard InChI is InChI=1S/C13H10N2O2/c1-17-13(16)12-14-10-7-6-8-4-2-3-5-9(8)11(10)15-12/h2-7H,1H3,(H,14,15). The first kappa shape index (κ1) is 9.84. The molecule has 0 aliphatic carbocycles. The summed E-state index contributed by atoms with van der Waals surface area (Å²) in [5.41, 5.74) is 1.63. The molecule has 3 rings (SSSR count). The van der Waals surface area contributed by atoms with Crippen molar-refractivity contribution in [2.75, 3.05) is 7.11 Å². The first-order valence-electron chi connectivity index (χ1n) is 5.25. The van der Waals surface area contributed by atoms with Crippen LogP contribution in [0, 0.1) is 0 Å². The largest absolute Gasteiger partial charge is 0.463 e. The lowest BCUT2D eigenvalue weighted by Gasteiger charge is -1.96. The summed E-state index contributed by atoms with van der Waals surface area (Å²) in [5, 5.41) is 2.12. The fourth-order valence-electron chi connectivity index (χ4n) is 1.94. The lowest BCUT2D eigenvalue weighted by atomic mass is 10.1. The smallest absolute Gasteiger partial charge is 0.374 e. The van der Waals surface area contributed by atoms with Gasteiger partial charge in [0.1, 0.15) is 0 Å². The summed E-state index contributed by atoms with van der Waals surface area (Å²) in [6, 6.07) is 11.8. The minimum Gasteiger partial charge on any atom is -0.463 e. The van der Waals surface area contributed by atoms with Gasteiger partial charge in [-0.25, -0.2) is 9.78 Å². The Hall–Kier alpha value is -2.36. The number of hydrogen-bond acceptors (Lipinski definition) is 3. The van der Waals surface area contributed by atoms with E-state index in [0.717, 1.165) is 21.8 Å². The number of aromatic amines is 1. The number of methoxy groups -OCH3 is 1. The number of carbonyl (C=O) groups excluding carboxylic acids is 1. The number of carbonyl (C=O) groups is 1. The Balaban J connectivity index is 2.35. The second-order valence-electron chi connectivity index (χ2n) is 3.76. The van der Waals surface area contributed by atoms with E-state index in [4.69, 9.17) is 0 Å². The Kier molecular flexibility index (Phi) is 2.08. The van der Waals surface area contributed by atoms with E-state index in [1.54, 1.807) is 0 Å². The van der Waals surface area contributed by atoms with Crippen molar-refractivity contribution >= 4 is 27.8 Å². The van der Waals surface area contributed by atoms with Gasteiger partial charge >= 0.3 is 5.97 Å². The Bertz CT molecular complexity index is 716. The lowest BCUT2D eigenvalue weighted by Crippen LogP contribution is -2.02. The molecule has 4 heteroatoms. The predicted molar refractivity (Wildman–Crippen MR) is 64.9 cm³/mol. The molecule has 2 aromatic carbocycles. The molecule has 0 fully saturated rings. The number of H-pyrrole nitrogens is 1. The van der Waals surface area contributed by atoms with Gasteiger partial charge in [-0.3, -0.25) is 0 Å². The predicted octanol–water partition coefficient (Wildman–Crippen LogP) is 2.50. The first-order valence-corrected chi connectivity index (χ1v) is 5.25. The SMILES string of the molecule is COC(=O)c1nc2c(ccc3ccccc32)[nH]1. The van der Waals surface area contributed by atoms with Gasteiger partial charge in [0.2, 0.25) is 5.82 Å². The summed E-state index contributed by atoms with van der Waals surface area (Å²) < 4.78 is 4.65. The van der Waals surface area contributed by atoms with Crippen LogP contribution in [0.3, 0.4) is 0 Å². The van der Waals surface area contributed by atoms with Crippen molar-refractivity contribution in [1.82, 2.24) is 9.97 Å². The maximum absolute atomic E-state index is 11.4. The van der Waals surface area contributed by atoms with E-state index in [1.165, 1.54) is 7.11 Å². The number of ether oxygens (including phenoxy) is 1. The monoisotopic (exact) mass is 226 g/mol. The van der Waals surface area contributed by atoms with E-state index < -0.39 is 5.97 Å². The second kappa shape index (κ2) is 3.59. The quantitative estimate of drug-likeness (QED) is 0.648. The molecular formula is C13H10N2O2. The molecule has 1 aromatic heterocycles. The second-order valence-corrected chi connectivity index (χ2v) is 3.76. The number of imidazole rings is 1. The van der Waals surface area contributed by atoms with Crippen LogP contribution in [0.5, 0.6) is 0 Å². The van der Waals surface area contributed by atoms with Crippen molar-refractivity contribution in [2.24, 2.45) is 0 Å². The van der Waals surface area contributed by atoms with E-state index in [-0.39, 0.29) is 5.82 Å². The van der Waals surface area contributed by atoms with Crippen LogP contribution in [0.4, 0.5) is 0 Å². The zero-order valence-corrected chi connectivity index (χ0v) is 9.23. The third-order valence-electron chi connectivity index (χ3n) is 2.76. The summed E-state index contributed by atoms with van der Waals surface area (Å²) in [5.74, 6) is -0.218. The topological polar surface area (TPSA) is 55.0 Å². The van der Waals surface area contributed by atoms with Gasteiger partial charge < -0.3 is 9.72 Å². The fourth-order valence-corrected chi connectivity index (χ4v) is 1.94. The van der Waals surface area contributed by atoms with E-state index in [0.29, 0.717) is 0 Å². The molecule has 0 bridgehead atoms. The number of aromatic nitrogens is 2. The summed E-state index contributed by atoms with van der Waals surface area (Å²) in [6.45, 7) is 0. The average molecular weight is 226 g/mol. The average Bonchev–Trinajstić information content (AvgIpc) is 2.82. The van der Waals surface area contributed by atoms with Crippen molar-refractivity contribution in [2.45, 2.75) is 0 Å². The van der Waals surface area contributed by atoms with Crippen LogP contribution in [0.25, 0.3) is 21.8 Å². The highest BCUT2D eigenvalue weighted by atomic mass is 16.5. The zero-order chi connectivity index (χ0) is 11.8. The van der Waals surface area contributed by atoms with Crippen molar-refractivity contribution in [1.29, 1.82) is 0 Å². The zero-order valence-electron chi connectivity index (χ0n) is 9.23. The number of benzene rings is 2. The summed E-state index contributed by atoms with van der Waals surface area (Å²) in [7, 11) is 1.34. The number of nitrogens with zero attached hydrogens (tertiary/aromatic N) is 1. The van der Waals surface area contributed by atoms with Gasteiger partial charge in [-0.05, 0) is 11.5 Å². The maximum Gasteiger partial charge on any atom is 0.374 e. The molecule has 84 valence electrons. The number of hydrogen-bond donors (Lipinski definition) is 1. The number of esters is 1. The van der Waals surface area contributed by atoms with E-state index >= 15 is 0 Å². The molecule has 0 saturated heterocycles. The van der Waals surface area contributed by atoms with E-state index in [1.807, 2.05) is 36.4 Å². The van der Waals surface area contributed by atoms with Crippen molar-refractivity contribution < 1.29 is 9.53 Å². The van der Waals surface area contributed by atoms with Crippen molar-refractivity contribution in [3.63, 3.8) is 0 Å². The van der Waals surface area contributed by atoms with Crippen LogP contribution in [0.1, 0.15) is 10.6 Å². The van der Waals surface area contributed by atoms with Gasteiger partial charge in [-0.2, -0.15) is 0 Å². The molecule has 0 saturated carbocycles. The van der Waals surface area contributed by atoms with Gasteiger partial charge in [-0.1, -0.05) is 30.3 Å². The summed E-state index contributed by atoms with van der Waals surface area (Å²) in [6.07, 6.45) is 0. The van der Waals surface area contributed by atoms with Gasteiger partial charge in [0, 0.05) is 5.39 Å². The van der Waals surface area contributed by atoms with Crippen molar-refractivity contribution in [3.05, 3.63) is 42.2 Å². The minimum absolute atomic E-state index is 0.235. The molecule has 0 amide bonds. The molecule has 0 radical (unpaired) electrons. The molecule has 3 aromatic rings. The van der Waals surface area contributed by atoms with Crippen LogP contribution >= 0.6 is 0 Å². The number of nitrogens with one attached hydrogen (secondary N) is 1. The van der Waals surface area contributed by atoms with Crippen LogP contribution < -0.4 is 0 Å². The van der Waals surface area contributed by atoms with Gasteiger partial charge in [0.15, 0.2) is 0 Å². The third kappa shape index (κ3) is 1.45. The molecular weight excluding hydrogens is 216 g/mol. The molecule has 1 N–H and O–H groups in total. The van der Waals surface area contributed by atoms with Crippen LogP contribution in [0.2, 0.25) is 0 Å². The van der Waals surface area contributed by atoms with Crippen LogP contribution in [-0.4, -0.2) is 23.0 Å². The fraction of sp³-hybridized carbons (Fsp3) is 0.0769. The van der Waals surface area contributed by atoms with Crippen LogP contribution in [0.15, 0.2) is 36.4 Å². The minimum atomic E-state index is -0.453. The molecule has 0 spiro atoms. The van der Waals surface area contributed by atoms with E-state index in [9.17, 15) is 4.79 Å². The molecule has 1 heterocycles. The Morgan fingerprint density at radius 3 is 2.88 bits per heavy atom. The van der Waals surface area contributed by atoms with E-state index in [2.05, 4.69) is 14.7 Å². The Labute approximate surface area is 97.2 Å². The summed E-state index contributed by atoms with van der Waals surface area (Å²) >= 11 is 0. The highest BCUT2D eigenvalue weighted by molar-refractivity contribution is 6.05. The number of rotatable bonds is 1. The van der Waals surface area contributed by atoms with Gasteiger partial charge in [-0.15, -0.1) is 0 Å². The Morgan fingerprint density at radius 2 is 2.06 bits per heavy atom. The molecule has 0 unspecified atom stereocenters. The molecule has 0 atom stereocenters. The first-order chi connectivity index (χ1) is 8.29. The van der Waals surface area contributed by atoms with Crippen molar-refractivity contribution in [3.8, 4) is 0 Å². The molecule has 4 nitrogen and oxygen atoms in total. The molecule has 0 aliphatic heterocycles. The lowest BCUT2D eigenvalue weighted by molar-refractivity contribution is 0.0588. The summed E-state index contributed by atoms with van der Waals surface area (Å²) in [4.78, 5) is 18.6. The van der Waals surface area contributed by atoms with Gasteiger partial charge in [0.05, 0.1) is 18.1 Å². The molecule has 17 heavy (non-hydrogen) atoms. The van der Waals surface area contributed by atoms with Gasteiger partial charge in [0.25, 0.3) is 0 Å². The highest BCUT2D eigenvalue weighted by Gasteiger charge is 2.12. The third-order valence-corrected chi connectivity index (χ3v) is 2.76. The molecule has 0 aliphatic rings. The Morgan fingerprint density at radius 1 is 1.24 bits per heavy atom. The van der Waals surface area contributed by atoms with Crippen LogP contribution in [-0.2, 0) is 4.74 Å². The highest BCUT2D eigenvalue weighted by Crippen LogP contribution is 2.23. The maximum atomic E-state index is 11.4. The number of fused-ring (bicyclic) bond motifs is 3. The normalized spacial score (nSPS) is 10.9.